The number of sulfonamides is 1. The Bertz CT molecular complexity index is 624. The van der Waals surface area contributed by atoms with Crippen LogP contribution >= 0.6 is 35.0 Å². The SMILES string of the molecule is Cc1c(CCl)cc(Cl)cc1S(=O)(=O)N1CC(C)SC(C)C1. The van der Waals surface area contributed by atoms with Crippen molar-refractivity contribution >= 4 is 45.0 Å². The summed E-state index contributed by atoms with van der Waals surface area (Å²) in [6, 6.07) is 3.25. The first kappa shape index (κ1) is 17.4. The van der Waals surface area contributed by atoms with Gasteiger partial charge in [0.1, 0.15) is 0 Å². The molecular weight excluding hydrogens is 349 g/mol. The van der Waals surface area contributed by atoms with Gasteiger partial charge in [0.15, 0.2) is 0 Å². The van der Waals surface area contributed by atoms with Crippen molar-refractivity contribution in [3.63, 3.8) is 0 Å². The molecule has 2 unspecified atom stereocenters. The van der Waals surface area contributed by atoms with E-state index in [1.54, 1.807) is 17.3 Å². The number of benzene rings is 1. The topological polar surface area (TPSA) is 37.4 Å². The highest BCUT2D eigenvalue weighted by Gasteiger charge is 2.33. The molecule has 0 spiro atoms. The zero-order chi connectivity index (χ0) is 15.8. The van der Waals surface area contributed by atoms with Gasteiger partial charge >= 0.3 is 0 Å². The van der Waals surface area contributed by atoms with Crippen molar-refractivity contribution in [2.45, 2.75) is 42.0 Å². The Morgan fingerprint density at radius 3 is 2.38 bits per heavy atom. The summed E-state index contributed by atoms with van der Waals surface area (Å²) in [5.41, 5.74) is 1.45. The minimum absolute atomic E-state index is 0.248. The van der Waals surface area contributed by atoms with Crippen molar-refractivity contribution < 1.29 is 8.42 Å². The third-order valence-electron chi connectivity index (χ3n) is 3.58. The number of halogens is 2. The molecule has 1 heterocycles. The van der Waals surface area contributed by atoms with E-state index in [0.29, 0.717) is 23.7 Å². The van der Waals surface area contributed by atoms with Gasteiger partial charge in [0.25, 0.3) is 0 Å². The van der Waals surface area contributed by atoms with Crippen LogP contribution in [0.25, 0.3) is 0 Å². The van der Waals surface area contributed by atoms with E-state index in [2.05, 4.69) is 13.8 Å². The largest absolute Gasteiger partial charge is 0.243 e. The molecule has 0 amide bonds. The maximum atomic E-state index is 12.9. The third kappa shape index (κ3) is 3.70. The second kappa shape index (κ2) is 6.67. The first-order valence-electron chi connectivity index (χ1n) is 6.76. The lowest BCUT2D eigenvalue weighted by atomic mass is 10.1. The van der Waals surface area contributed by atoms with Crippen LogP contribution in [0.5, 0.6) is 0 Å². The molecule has 2 rings (SSSR count). The van der Waals surface area contributed by atoms with Crippen LogP contribution in [0.4, 0.5) is 0 Å². The number of hydrogen-bond acceptors (Lipinski definition) is 3. The lowest BCUT2D eigenvalue weighted by Crippen LogP contribution is -2.44. The van der Waals surface area contributed by atoms with Crippen molar-refractivity contribution in [3.8, 4) is 0 Å². The van der Waals surface area contributed by atoms with E-state index < -0.39 is 10.0 Å². The second-order valence-corrected chi connectivity index (χ2v) is 9.89. The van der Waals surface area contributed by atoms with Crippen molar-refractivity contribution in [2.75, 3.05) is 13.1 Å². The Morgan fingerprint density at radius 2 is 1.86 bits per heavy atom. The molecule has 0 saturated carbocycles. The van der Waals surface area contributed by atoms with Crippen molar-refractivity contribution in [3.05, 3.63) is 28.3 Å². The molecule has 7 heteroatoms. The molecule has 1 aliphatic heterocycles. The van der Waals surface area contributed by atoms with Crippen LogP contribution in [-0.4, -0.2) is 36.3 Å². The molecule has 1 fully saturated rings. The number of nitrogens with zero attached hydrogens (tertiary/aromatic N) is 1. The number of alkyl halides is 1. The molecule has 1 aromatic rings. The predicted octanol–water partition coefficient (Wildman–Crippen LogP) is 3.90. The fourth-order valence-electron chi connectivity index (χ4n) is 2.58. The Kier molecular flexibility index (Phi) is 5.53. The molecule has 0 radical (unpaired) electrons. The van der Waals surface area contributed by atoms with E-state index in [1.807, 2.05) is 11.8 Å². The summed E-state index contributed by atoms with van der Waals surface area (Å²) in [7, 11) is -3.54. The zero-order valence-corrected chi connectivity index (χ0v) is 15.4. The minimum Gasteiger partial charge on any atom is -0.207 e. The monoisotopic (exact) mass is 367 g/mol. The average Bonchev–Trinajstić information content (AvgIpc) is 2.39. The summed E-state index contributed by atoms with van der Waals surface area (Å²) in [5.74, 6) is 0.248. The second-order valence-electron chi connectivity index (χ2n) is 5.40. The Balaban J connectivity index is 2.47. The third-order valence-corrected chi connectivity index (χ3v) is 7.27. The number of thioether (sulfide) groups is 1. The molecular formula is C14H19Cl2NO2S2. The standard InChI is InChI=1S/C14H19Cl2NO2S2/c1-9-7-17(8-10(2)20-9)21(18,19)14-5-13(16)4-12(6-15)11(14)3/h4-5,9-10H,6-8H2,1-3H3. The van der Waals surface area contributed by atoms with Crippen LogP contribution in [0.2, 0.25) is 5.02 Å². The van der Waals surface area contributed by atoms with Crippen LogP contribution in [0.15, 0.2) is 17.0 Å². The van der Waals surface area contributed by atoms with Crippen LogP contribution in [-0.2, 0) is 15.9 Å². The molecule has 1 saturated heterocycles. The normalized spacial score (nSPS) is 24.2. The van der Waals surface area contributed by atoms with Gasteiger partial charge in [0, 0.05) is 34.5 Å². The Labute approximate surface area is 141 Å². The van der Waals surface area contributed by atoms with Gasteiger partial charge in [-0.1, -0.05) is 25.4 Å². The lowest BCUT2D eigenvalue weighted by molar-refractivity contribution is 0.404. The fourth-order valence-corrected chi connectivity index (χ4v) is 6.59. The average molecular weight is 368 g/mol. The maximum Gasteiger partial charge on any atom is 0.243 e. The first-order valence-corrected chi connectivity index (χ1v) is 10.1. The van der Waals surface area contributed by atoms with Gasteiger partial charge in [-0.05, 0) is 30.2 Å². The van der Waals surface area contributed by atoms with Gasteiger partial charge in [-0.25, -0.2) is 8.42 Å². The summed E-state index contributed by atoms with van der Waals surface area (Å²) >= 11 is 13.8. The van der Waals surface area contributed by atoms with Crippen LogP contribution in [0, 0.1) is 6.92 Å². The fraction of sp³-hybridized carbons (Fsp3) is 0.571. The molecule has 3 nitrogen and oxygen atoms in total. The maximum absolute atomic E-state index is 12.9. The highest BCUT2D eigenvalue weighted by molar-refractivity contribution is 8.00. The van der Waals surface area contributed by atoms with E-state index in [4.69, 9.17) is 23.2 Å². The van der Waals surface area contributed by atoms with E-state index >= 15 is 0 Å². The Hall–Kier alpha value is 0.0600. The minimum atomic E-state index is -3.54. The van der Waals surface area contributed by atoms with Crippen molar-refractivity contribution in [1.29, 1.82) is 0 Å². The molecule has 1 aromatic carbocycles. The highest BCUT2D eigenvalue weighted by Crippen LogP contribution is 2.32. The number of rotatable bonds is 3. The van der Waals surface area contributed by atoms with Crippen LogP contribution in [0.1, 0.15) is 25.0 Å². The molecule has 0 aromatic heterocycles. The Morgan fingerprint density at radius 1 is 1.29 bits per heavy atom. The lowest BCUT2D eigenvalue weighted by Gasteiger charge is -2.34. The first-order chi connectivity index (χ1) is 9.75. The van der Waals surface area contributed by atoms with Gasteiger partial charge in [0.2, 0.25) is 10.0 Å². The molecule has 118 valence electrons. The molecule has 0 bridgehead atoms. The van der Waals surface area contributed by atoms with Gasteiger partial charge < -0.3 is 0 Å². The smallest absolute Gasteiger partial charge is 0.207 e. The van der Waals surface area contributed by atoms with Crippen LogP contribution in [0.3, 0.4) is 0 Å². The molecule has 21 heavy (non-hydrogen) atoms. The van der Waals surface area contributed by atoms with Gasteiger partial charge in [-0.3, -0.25) is 0 Å². The molecule has 0 N–H and O–H groups in total. The van der Waals surface area contributed by atoms with Gasteiger partial charge in [-0.2, -0.15) is 16.1 Å². The van der Waals surface area contributed by atoms with Crippen molar-refractivity contribution in [2.24, 2.45) is 0 Å². The number of hydrogen-bond donors (Lipinski definition) is 0. The summed E-state index contributed by atoms with van der Waals surface area (Å²) < 4.78 is 27.4. The van der Waals surface area contributed by atoms with Crippen LogP contribution < -0.4 is 0 Å². The highest BCUT2D eigenvalue weighted by atomic mass is 35.5. The van der Waals surface area contributed by atoms with E-state index in [0.717, 1.165) is 5.56 Å². The van der Waals surface area contributed by atoms with Crippen molar-refractivity contribution in [1.82, 2.24) is 4.31 Å². The predicted molar refractivity (Wildman–Crippen MR) is 91.0 cm³/mol. The molecule has 1 aliphatic rings. The zero-order valence-electron chi connectivity index (χ0n) is 12.3. The quantitative estimate of drug-likeness (QED) is 0.760. The van der Waals surface area contributed by atoms with E-state index in [9.17, 15) is 8.42 Å². The summed E-state index contributed by atoms with van der Waals surface area (Å²) in [6.45, 7) is 6.95. The van der Waals surface area contributed by atoms with Gasteiger partial charge in [-0.15, -0.1) is 11.6 Å². The molecule has 0 aliphatic carbocycles. The summed E-state index contributed by atoms with van der Waals surface area (Å²) in [4.78, 5) is 0.275. The van der Waals surface area contributed by atoms with E-state index in [-0.39, 0.29) is 21.3 Å². The summed E-state index contributed by atoms with van der Waals surface area (Å²) in [6.07, 6.45) is 0. The molecule has 2 atom stereocenters. The summed E-state index contributed by atoms with van der Waals surface area (Å²) in [5, 5.41) is 0.980. The van der Waals surface area contributed by atoms with Gasteiger partial charge in [0.05, 0.1) is 4.90 Å². The van der Waals surface area contributed by atoms with E-state index in [1.165, 1.54) is 6.07 Å².